The standard InChI is InChI=1S/C16H20N4O2/c1-2-7-19-8-10-20(11-9-19)16(22)14-12-5-3-4-6-13(12)15(21)18-17-14/h3-6H,2,7-11H2,1H3,(H,18,21). The number of carbonyl (C=O) groups is 1. The van der Waals surface area contributed by atoms with E-state index in [1.54, 1.807) is 18.2 Å². The van der Waals surface area contributed by atoms with Crippen LogP contribution in [0.4, 0.5) is 0 Å². The fraction of sp³-hybridized carbons (Fsp3) is 0.438. The molecule has 3 rings (SSSR count). The van der Waals surface area contributed by atoms with Gasteiger partial charge in [0, 0.05) is 31.6 Å². The van der Waals surface area contributed by atoms with E-state index in [1.807, 2.05) is 11.0 Å². The molecule has 22 heavy (non-hydrogen) atoms. The van der Waals surface area contributed by atoms with E-state index in [9.17, 15) is 9.59 Å². The molecule has 1 aliphatic rings. The second-order valence-corrected chi connectivity index (χ2v) is 5.58. The molecule has 0 atom stereocenters. The normalized spacial score (nSPS) is 16.1. The second-order valence-electron chi connectivity index (χ2n) is 5.58. The van der Waals surface area contributed by atoms with Gasteiger partial charge in [-0.1, -0.05) is 25.1 Å². The van der Waals surface area contributed by atoms with E-state index >= 15 is 0 Å². The molecule has 0 spiro atoms. The largest absolute Gasteiger partial charge is 0.335 e. The van der Waals surface area contributed by atoms with Crippen LogP contribution in [0, 0.1) is 0 Å². The Morgan fingerprint density at radius 2 is 1.86 bits per heavy atom. The Hall–Kier alpha value is -2.21. The first kappa shape index (κ1) is 14.7. The molecule has 1 aromatic heterocycles. The molecule has 1 fully saturated rings. The molecule has 6 nitrogen and oxygen atoms in total. The van der Waals surface area contributed by atoms with Crippen molar-refractivity contribution in [3.05, 3.63) is 40.3 Å². The third-order valence-corrected chi connectivity index (χ3v) is 4.10. The van der Waals surface area contributed by atoms with Gasteiger partial charge < -0.3 is 4.90 Å². The zero-order valence-electron chi connectivity index (χ0n) is 12.7. The summed E-state index contributed by atoms with van der Waals surface area (Å²) in [6.07, 6.45) is 1.13. The Balaban J connectivity index is 1.85. The average Bonchev–Trinajstić information content (AvgIpc) is 2.56. The zero-order chi connectivity index (χ0) is 15.5. The molecule has 1 saturated heterocycles. The SMILES string of the molecule is CCCN1CCN(C(=O)c2n[nH]c(=O)c3ccccc23)CC1. The molecule has 116 valence electrons. The van der Waals surface area contributed by atoms with Gasteiger partial charge >= 0.3 is 0 Å². The minimum atomic E-state index is -0.264. The number of nitrogens with one attached hydrogen (secondary N) is 1. The fourth-order valence-electron chi connectivity index (χ4n) is 2.92. The van der Waals surface area contributed by atoms with Crippen LogP contribution >= 0.6 is 0 Å². The van der Waals surface area contributed by atoms with Gasteiger partial charge in [0.1, 0.15) is 0 Å². The Morgan fingerprint density at radius 1 is 1.18 bits per heavy atom. The van der Waals surface area contributed by atoms with Crippen LogP contribution in [-0.2, 0) is 0 Å². The number of rotatable bonds is 3. The first-order valence-corrected chi connectivity index (χ1v) is 7.69. The van der Waals surface area contributed by atoms with Crippen molar-refractivity contribution in [1.29, 1.82) is 0 Å². The van der Waals surface area contributed by atoms with Crippen molar-refractivity contribution >= 4 is 16.7 Å². The van der Waals surface area contributed by atoms with Crippen LogP contribution in [0.1, 0.15) is 23.8 Å². The minimum Gasteiger partial charge on any atom is -0.335 e. The lowest BCUT2D eigenvalue weighted by atomic mass is 10.1. The fourth-order valence-corrected chi connectivity index (χ4v) is 2.92. The second kappa shape index (κ2) is 6.27. The topological polar surface area (TPSA) is 69.3 Å². The number of H-pyrrole nitrogens is 1. The summed E-state index contributed by atoms with van der Waals surface area (Å²) in [4.78, 5) is 28.7. The molecule has 1 aliphatic heterocycles. The lowest BCUT2D eigenvalue weighted by molar-refractivity contribution is 0.0632. The van der Waals surface area contributed by atoms with Gasteiger partial charge in [-0.3, -0.25) is 14.5 Å². The molecule has 6 heteroatoms. The molecule has 0 aliphatic carbocycles. The van der Waals surface area contributed by atoms with Crippen molar-refractivity contribution in [2.75, 3.05) is 32.7 Å². The van der Waals surface area contributed by atoms with Crippen LogP contribution in [-0.4, -0.2) is 58.6 Å². The number of piperazine rings is 1. The van der Waals surface area contributed by atoms with Crippen LogP contribution in [0.25, 0.3) is 10.8 Å². The summed E-state index contributed by atoms with van der Waals surface area (Å²) in [6.45, 7) is 6.42. The number of aromatic amines is 1. The van der Waals surface area contributed by atoms with E-state index in [0.29, 0.717) is 29.6 Å². The lowest BCUT2D eigenvalue weighted by Gasteiger charge is -2.34. The highest BCUT2D eigenvalue weighted by atomic mass is 16.2. The van der Waals surface area contributed by atoms with Crippen LogP contribution in [0.15, 0.2) is 29.1 Å². The lowest BCUT2D eigenvalue weighted by Crippen LogP contribution is -2.49. The van der Waals surface area contributed by atoms with Gasteiger partial charge in [-0.2, -0.15) is 5.10 Å². The Labute approximate surface area is 128 Å². The molecule has 1 aromatic carbocycles. The molecular weight excluding hydrogens is 280 g/mol. The maximum Gasteiger partial charge on any atom is 0.275 e. The van der Waals surface area contributed by atoms with E-state index in [-0.39, 0.29) is 11.5 Å². The highest BCUT2D eigenvalue weighted by molar-refractivity contribution is 6.04. The molecular formula is C16H20N4O2. The number of nitrogens with zero attached hydrogens (tertiary/aromatic N) is 3. The summed E-state index contributed by atoms with van der Waals surface area (Å²) < 4.78 is 0. The third-order valence-electron chi connectivity index (χ3n) is 4.10. The van der Waals surface area contributed by atoms with E-state index in [0.717, 1.165) is 26.1 Å². The summed E-state index contributed by atoms with van der Waals surface area (Å²) in [7, 11) is 0. The zero-order valence-corrected chi connectivity index (χ0v) is 12.7. The van der Waals surface area contributed by atoms with E-state index < -0.39 is 0 Å². The van der Waals surface area contributed by atoms with Crippen molar-refractivity contribution in [2.45, 2.75) is 13.3 Å². The molecule has 2 heterocycles. The molecule has 1 N–H and O–H groups in total. The Bertz CT molecular complexity index is 732. The number of aromatic nitrogens is 2. The van der Waals surface area contributed by atoms with Crippen LogP contribution in [0.2, 0.25) is 0 Å². The summed E-state index contributed by atoms with van der Waals surface area (Å²) in [5.74, 6) is -0.108. The molecule has 0 bridgehead atoms. The van der Waals surface area contributed by atoms with Crippen molar-refractivity contribution in [2.24, 2.45) is 0 Å². The van der Waals surface area contributed by atoms with Gasteiger partial charge in [0.15, 0.2) is 5.69 Å². The Kier molecular flexibility index (Phi) is 4.20. The highest BCUT2D eigenvalue weighted by Gasteiger charge is 2.24. The summed E-state index contributed by atoms with van der Waals surface area (Å²) in [5.41, 5.74) is 0.0686. The van der Waals surface area contributed by atoms with Crippen molar-refractivity contribution in [1.82, 2.24) is 20.0 Å². The Morgan fingerprint density at radius 3 is 2.55 bits per heavy atom. The number of fused-ring (bicyclic) bond motifs is 1. The average molecular weight is 300 g/mol. The molecule has 0 radical (unpaired) electrons. The first-order chi connectivity index (χ1) is 10.7. The predicted molar refractivity (Wildman–Crippen MR) is 85.0 cm³/mol. The number of benzene rings is 1. The molecule has 1 amide bonds. The van der Waals surface area contributed by atoms with Crippen LogP contribution in [0.3, 0.4) is 0 Å². The molecule has 2 aromatic rings. The molecule has 0 saturated carbocycles. The van der Waals surface area contributed by atoms with Crippen molar-refractivity contribution in [3.8, 4) is 0 Å². The predicted octanol–water partition coefficient (Wildman–Crippen LogP) is 1.09. The van der Waals surface area contributed by atoms with Gasteiger partial charge in [0.25, 0.3) is 11.5 Å². The third kappa shape index (κ3) is 2.74. The van der Waals surface area contributed by atoms with E-state index in [1.165, 1.54) is 0 Å². The number of hydrogen-bond donors (Lipinski definition) is 1. The number of amides is 1. The number of hydrogen-bond acceptors (Lipinski definition) is 4. The molecule has 0 unspecified atom stereocenters. The van der Waals surface area contributed by atoms with Gasteiger partial charge in [0.05, 0.1) is 5.39 Å². The van der Waals surface area contributed by atoms with Gasteiger partial charge in [-0.15, -0.1) is 0 Å². The maximum absolute atomic E-state index is 12.7. The summed E-state index contributed by atoms with van der Waals surface area (Å²) >= 11 is 0. The van der Waals surface area contributed by atoms with E-state index in [2.05, 4.69) is 22.0 Å². The summed E-state index contributed by atoms with van der Waals surface area (Å²) in [5, 5.41) is 7.55. The quantitative estimate of drug-likeness (QED) is 0.921. The number of carbonyl (C=O) groups excluding carboxylic acids is 1. The van der Waals surface area contributed by atoms with Gasteiger partial charge in [-0.25, -0.2) is 5.10 Å². The van der Waals surface area contributed by atoms with Crippen molar-refractivity contribution in [3.63, 3.8) is 0 Å². The van der Waals surface area contributed by atoms with Crippen LogP contribution < -0.4 is 5.56 Å². The first-order valence-electron chi connectivity index (χ1n) is 7.69. The van der Waals surface area contributed by atoms with Crippen molar-refractivity contribution < 1.29 is 4.79 Å². The summed E-state index contributed by atoms with van der Waals surface area (Å²) in [6, 6.07) is 7.10. The smallest absolute Gasteiger partial charge is 0.275 e. The van der Waals surface area contributed by atoms with Gasteiger partial charge in [0.2, 0.25) is 0 Å². The van der Waals surface area contributed by atoms with Gasteiger partial charge in [-0.05, 0) is 19.0 Å². The maximum atomic E-state index is 12.7. The minimum absolute atomic E-state index is 0.108. The monoisotopic (exact) mass is 300 g/mol. The highest BCUT2D eigenvalue weighted by Crippen LogP contribution is 2.15. The van der Waals surface area contributed by atoms with Crippen LogP contribution in [0.5, 0.6) is 0 Å². The van der Waals surface area contributed by atoms with E-state index in [4.69, 9.17) is 0 Å².